The van der Waals surface area contributed by atoms with E-state index in [1.54, 1.807) is 27.2 Å². The van der Waals surface area contributed by atoms with Crippen LogP contribution in [-0.2, 0) is 0 Å². The van der Waals surface area contributed by atoms with Gasteiger partial charge in [0.1, 0.15) is 22.8 Å². The van der Waals surface area contributed by atoms with E-state index in [4.69, 9.17) is 14.2 Å². The van der Waals surface area contributed by atoms with Crippen molar-refractivity contribution < 1.29 is 19.3 Å². The van der Waals surface area contributed by atoms with Crippen molar-refractivity contribution in [1.82, 2.24) is 0 Å². The molecule has 0 saturated heterocycles. The van der Waals surface area contributed by atoms with E-state index in [1.807, 2.05) is 38.1 Å². The van der Waals surface area contributed by atoms with Crippen molar-refractivity contribution in [2.75, 3.05) is 14.2 Å². The van der Waals surface area contributed by atoms with Crippen LogP contribution in [0.2, 0.25) is 0 Å². The highest BCUT2D eigenvalue weighted by molar-refractivity contribution is 5.78. The van der Waals surface area contributed by atoms with Crippen molar-refractivity contribution in [1.29, 1.82) is 0 Å². The second-order valence-corrected chi connectivity index (χ2v) is 5.58. The van der Waals surface area contributed by atoms with Crippen molar-refractivity contribution in [3.8, 4) is 17.2 Å². The number of ether oxygens (including phenoxy) is 3. The highest BCUT2D eigenvalue weighted by Gasteiger charge is 2.27. The first kappa shape index (κ1) is 15.4. The highest BCUT2D eigenvalue weighted by Crippen LogP contribution is 2.44. The molecule has 1 aliphatic rings. The van der Waals surface area contributed by atoms with E-state index < -0.39 is 11.7 Å². The van der Waals surface area contributed by atoms with E-state index in [1.165, 1.54) is 0 Å². The zero-order chi connectivity index (χ0) is 15.6. The number of hydrogen-bond acceptors (Lipinski definition) is 4. The number of methoxy groups -OCH3 is 2. The lowest BCUT2D eigenvalue weighted by Gasteiger charge is -2.30. The molecule has 0 spiro atoms. The number of hydrogen-bond donors (Lipinski definition) is 1. The zero-order valence-electron chi connectivity index (χ0n) is 13.1. The Bertz CT molecular complexity index is 583. The van der Waals surface area contributed by atoms with Crippen LogP contribution in [0.1, 0.15) is 31.9 Å². The molecule has 1 aromatic rings. The number of aliphatic hydroxyl groups is 1. The van der Waals surface area contributed by atoms with Gasteiger partial charge in [-0.15, -0.1) is 0 Å². The second-order valence-electron chi connectivity index (χ2n) is 5.58. The third kappa shape index (κ3) is 3.22. The van der Waals surface area contributed by atoms with Crippen molar-refractivity contribution in [2.45, 2.75) is 32.5 Å². The molecule has 1 aromatic carbocycles. The van der Waals surface area contributed by atoms with Crippen LogP contribution in [0.5, 0.6) is 17.2 Å². The minimum Gasteiger partial charge on any atom is -0.496 e. The average molecular weight is 290 g/mol. The molecule has 1 unspecified atom stereocenters. The van der Waals surface area contributed by atoms with E-state index >= 15 is 0 Å². The third-order valence-electron chi connectivity index (χ3n) is 3.28. The molecule has 21 heavy (non-hydrogen) atoms. The van der Waals surface area contributed by atoms with Crippen LogP contribution < -0.4 is 14.2 Å². The predicted molar refractivity (Wildman–Crippen MR) is 84.0 cm³/mol. The number of aliphatic hydroxyl groups excluding tert-OH is 1. The summed E-state index contributed by atoms with van der Waals surface area (Å²) < 4.78 is 16.9. The largest absolute Gasteiger partial charge is 0.496 e. The first-order valence-corrected chi connectivity index (χ1v) is 6.91. The number of benzene rings is 1. The van der Waals surface area contributed by atoms with Crippen molar-refractivity contribution in [3.63, 3.8) is 0 Å². The lowest BCUT2D eigenvalue weighted by atomic mass is 9.98. The lowest BCUT2D eigenvalue weighted by Crippen LogP contribution is -2.28. The van der Waals surface area contributed by atoms with Crippen LogP contribution >= 0.6 is 0 Å². The van der Waals surface area contributed by atoms with Crippen molar-refractivity contribution in [2.24, 2.45) is 0 Å². The van der Waals surface area contributed by atoms with Gasteiger partial charge in [-0.1, -0.05) is 6.08 Å². The summed E-state index contributed by atoms with van der Waals surface area (Å²) in [6, 6.07) is 1.83. The molecule has 2 rings (SSSR count). The van der Waals surface area contributed by atoms with Crippen molar-refractivity contribution >= 4 is 12.2 Å². The molecular weight excluding hydrogens is 268 g/mol. The van der Waals surface area contributed by atoms with Crippen LogP contribution in [0.4, 0.5) is 0 Å². The van der Waals surface area contributed by atoms with Crippen LogP contribution in [-0.4, -0.2) is 31.0 Å². The molecule has 0 bridgehead atoms. The summed E-state index contributed by atoms with van der Waals surface area (Å²) >= 11 is 0. The Kier molecular flexibility index (Phi) is 4.28. The van der Waals surface area contributed by atoms with Gasteiger partial charge in [0, 0.05) is 6.07 Å². The van der Waals surface area contributed by atoms with Gasteiger partial charge in [-0.05, 0) is 39.0 Å². The first-order chi connectivity index (χ1) is 9.88. The van der Waals surface area contributed by atoms with Crippen molar-refractivity contribution in [3.05, 3.63) is 29.3 Å². The molecule has 1 aliphatic heterocycles. The molecular formula is C17H22O4. The maximum atomic E-state index is 9.48. The van der Waals surface area contributed by atoms with Gasteiger partial charge in [-0.25, -0.2) is 0 Å². The molecule has 0 aliphatic carbocycles. The molecule has 114 valence electrons. The normalized spacial score (nSPS) is 17.2. The minimum atomic E-state index is -0.542. The standard InChI is InChI=1S/C17H22O4/c1-11(18)6-7-12-14(19-4)10-15(20-5)13-8-9-17(2,3)21-16(12)13/h6-11,18H,1-5H3. The zero-order valence-corrected chi connectivity index (χ0v) is 13.1. The Morgan fingerprint density at radius 1 is 1.24 bits per heavy atom. The van der Waals surface area contributed by atoms with Gasteiger partial charge in [0.25, 0.3) is 0 Å². The van der Waals surface area contributed by atoms with Gasteiger partial charge in [-0.2, -0.15) is 0 Å². The fourth-order valence-electron chi connectivity index (χ4n) is 2.22. The summed E-state index contributed by atoms with van der Waals surface area (Å²) in [5, 5.41) is 9.48. The molecule has 1 heterocycles. The average Bonchev–Trinajstić information content (AvgIpc) is 2.42. The van der Waals surface area contributed by atoms with Gasteiger partial charge in [-0.3, -0.25) is 0 Å². The first-order valence-electron chi connectivity index (χ1n) is 6.91. The van der Waals surface area contributed by atoms with E-state index in [0.717, 1.165) is 11.1 Å². The Hall–Kier alpha value is -1.94. The minimum absolute atomic E-state index is 0.405. The fraction of sp³-hybridized carbons (Fsp3) is 0.412. The Balaban J connectivity index is 2.66. The molecule has 4 heteroatoms. The van der Waals surface area contributed by atoms with Crippen LogP contribution in [0.3, 0.4) is 0 Å². The van der Waals surface area contributed by atoms with E-state index in [2.05, 4.69) is 0 Å². The topological polar surface area (TPSA) is 47.9 Å². The summed E-state index contributed by atoms with van der Waals surface area (Å²) in [6.45, 7) is 5.67. The summed E-state index contributed by atoms with van der Waals surface area (Å²) in [7, 11) is 3.22. The predicted octanol–water partition coefficient (Wildman–Crippen LogP) is 3.28. The molecule has 0 aromatic heterocycles. The smallest absolute Gasteiger partial charge is 0.142 e. The Morgan fingerprint density at radius 3 is 2.48 bits per heavy atom. The summed E-state index contributed by atoms with van der Waals surface area (Å²) in [5.74, 6) is 2.05. The summed E-state index contributed by atoms with van der Waals surface area (Å²) in [4.78, 5) is 0. The maximum absolute atomic E-state index is 9.48. The van der Waals surface area contributed by atoms with E-state index in [0.29, 0.717) is 17.2 Å². The number of rotatable bonds is 4. The van der Waals surface area contributed by atoms with Gasteiger partial charge >= 0.3 is 0 Å². The molecule has 4 nitrogen and oxygen atoms in total. The molecule has 1 atom stereocenters. The third-order valence-corrected chi connectivity index (χ3v) is 3.28. The maximum Gasteiger partial charge on any atom is 0.142 e. The van der Waals surface area contributed by atoms with E-state index in [9.17, 15) is 5.11 Å². The molecule has 0 amide bonds. The fourth-order valence-corrected chi connectivity index (χ4v) is 2.22. The molecule has 1 N–H and O–H groups in total. The van der Waals surface area contributed by atoms with Crippen LogP contribution in [0.25, 0.3) is 12.2 Å². The molecule has 0 radical (unpaired) electrons. The van der Waals surface area contributed by atoms with Gasteiger partial charge in [0.15, 0.2) is 0 Å². The van der Waals surface area contributed by atoms with E-state index in [-0.39, 0.29) is 0 Å². The quantitative estimate of drug-likeness (QED) is 0.924. The lowest BCUT2D eigenvalue weighted by molar-refractivity contribution is 0.157. The van der Waals surface area contributed by atoms with Crippen LogP contribution in [0, 0.1) is 0 Å². The SMILES string of the molecule is COc1cc(OC)c2c(c1C=CC(C)O)OC(C)(C)C=C2. The Morgan fingerprint density at radius 2 is 1.90 bits per heavy atom. The Labute approximate surface area is 125 Å². The second kappa shape index (κ2) is 5.82. The van der Waals surface area contributed by atoms with Gasteiger partial charge in [0.2, 0.25) is 0 Å². The monoisotopic (exact) mass is 290 g/mol. The van der Waals surface area contributed by atoms with Crippen LogP contribution in [0.15, 0.2) is 18.2 Å². The van der Waals surface area contributed by atoms with Gasteiger partial charge < -0.3 is 19.3 Å². The number of fused-ring (bicyclic) bond motifs is 1. The molecule has 0 fully saturated rings. The van der Waals surface area contributed by atoms with Gasteiger partial charge in [0.05, 0.1) is 31.5 Å². The molecule has 0 saturated carbocycles. The summed E-state index contributed by atoms with van der Waals surface area (Å²) in [6.07, 6.45) is 6.96. The summed E-state index contributed by atoms with van der Waals surface area (Å²) in [5.41, 5.74) is 1.27. The highest BCUT2D eigenvalue weighted by atomic mass is 16.5.